The van der Waals surface area contributed by atoms with Crippen LogP contribution in [0.3, 0.4) is 0 Å². The molecule has 1 N–H and O–H groups in total. The summed E-state index contributed by atoms with van der Waals surface area (Å²) in [6.07, 6.45) is 2.40. The van der Waals surface area contributed by atoms with Gasteiger partial charge in [-0.15, -0.1) is 0 Å². The summed E-state index contributed by atoms with van der Waals surface area (Å²) in [5.74, 6) is 1.29. The number of hydrogen-bond donors (Lipinski definition) is 1. The molecule has 0 radical (unpaired) electrons. The first-order valence-electron chi connectivity index (χ1n) is 7.00. The van der Waals surface area contributed by atoms with Gasteiger partial charge in [-0.05, 0) is 24.1 Å². The summed E-state index contributed by atoms with van der Waals surface area (Å²) in [6.45, 7) is 9.21. The smallest absolute Gasteiger partial charge is 0.243 e. The highest BCUT2D eigenvalue weighted by Gasteiger charge is 2.12. The molecule has 1 heterocycles. The van der Waals surface area contributed by atoms with Crippen LogP contribution in [-0.4, -0.2) is 15.5 Å². The molecule has 20 heavy (non-hydrogen) atoms. The minimum atomic E-state index is -0.174. The minimum absolute atomic E-state index is 0.174. The number of hydrogen-bond acceptors (Lipinski definition) is 2. The van der Waals surface area contributed by atoms with Crippen molar-refractivity contribution < 1.29 is 4.79 Å². The highest BCUT2D eigenvalue weighted by atomic mass is 16.1. The number of aromatic nitrogens is 2. The average Bonchev–Trinajstić information content (AvgIpc) is 2.82. The van der Waals surface area contributed by atoms with E-state index in [1.165, 1.54) is 6.08 Å². The van der Waals surface area contributed by atoms with Gasteiger partial charge in [-0.2, -0.15) is 0 Å². The Morgan fingerprint density at radius 1 is 1.50 bits per heavy atom. The summed E-state index contributed by atoms with van der Waals surface area (Å²) >= 11 is 0. The third-order valence-electron chi connectivity index (χ3n) is 3.53. The first-order chi connectivity index (χ1) is 9.65. The number of benzene rings is 1. The molecule has 106 valence electrons. The molecular formula is C16H21N3O. The summed E-state index contributed by atoms with van der Waals surface area (Å²) in [5.41, 5.74) is 2.09. The number of nitrogens with zero attached hydrogens (tertiary/aromatic N) is 2. The van der Waals surface area contributed by atoms with Gasteiger partial charge in [0.15, 0.2) is 0 Å². The Morgan fingerprint density at radius 2 is 2.25 bits per heavy atom. The Balaban J connectivity index is 2.33. The highest BCUT2D eigenvalue weighted by molar-refractivity contribution is 5.86. The lowest BCUT2D eigenvalue weighted by Crippen LogP contribution is -2.23. The Morgan fingerprint density at radius 3 is 2.95 bits per heavy atom. The number of imidazole rings is 1. The van der Waals surface area contributed by atoms with E-state index in [9.17, 15) is 4.79 Å². The van der Waals surface area contributed by atoms with Gasteiger partial charge < -0.3 is 9.88 Å². The van der Waals surface area contributed by atoms with Crippen LogP contribution < -0.4 is 5.32 Å². The van der Waals surface area contributed by atoms with Crippen LogP contribution in [0.1, 0.15) is 26.1 Å². The number of nitrogens with one attached hydrogen (secondary N) is 1. The van der Waals surface area contributed by atoms with Crippen LogP contribution in [0.5, 0.6) is 0 Å². The van der Waals surface area contributed by atoms with Gasteiger partial charge in [0.1, 0.15) is 5.82 Å². The molecule has 1 amide bonds. The van der Waals surface area contributed by atoms with Gasteiger partial charge in [0, 0.05) is 6.54 Å². The fourth-order valence-electron chi connectivity index (χ4n) is 2.14. The number of para-hydroxylation sites is 2. The van der Waals surface area contributed by atoms with Gasteiger partial charge >= 0.3 is 0 Å². The molecular weight excluding hydrogens is 250 g/mol. The van der Waals surface area contributed by atoms with Gasteiger partial charge in [-0.3, -0.25) is 4.79 Å². The maximum absolute atomic E-state index is 11.3. The molecule has 4 heteroatoms. The van der Waals surface area contributed by atoms with Gasteiger partial charge in [0.2, 0.25) is 5.91 Å². The van der Waals surface area contributed by atoms with Crippen molar-refractivity contribution in [3.63, 3.8) is 0 Å². The summed E-state index contributed by atoms with van der Waals surface area (Å²) in [4.78, 5) is 15.9. The average molecular weight is 271 g/mol. The fourth-order valence-corrected chi connectivity index (χ4v) is 2.14. The normalized spacial score (nSPS) is 12.3. The molecule has 1 atom stereocenters. The van der Waals surface area contributed by atoms with E-state index in [-0.39, 0.29) is 5.91 Å². The molecule has 1 unspecified atom stereocenters. The third-order valence-corrected chi connectivity index (χ3v) is 3.53. The Labute approximate surface area is 119 Å². The molecule has 1 aromatic heterocycles. The van der Waals surface area contributed by atoms with Gasteiger partial charge in [-0.25, -0.2) is 4.98 Å². The lowest BCUT2D eigenvalue weighted by atomic mass is 10.1. The van der Waals surface area contributed by atoms with Crippen molar-refractivity contribution in [1.82, 2.24) is 14.9 Å². The van der Waals surface area contributed by atoms with Crippen LogP contribution >= 0.6 is 0 Å². The van der Waals surface area contributed by atoms with Crippen LogP contribution in [-0.2, 0) is 17.9 Å². The lowest BCUT2D eigenvalue weighted by molar-refractivity contribution is -0.116. The summed E-state index contributed by atoms with van der Waals surface area (Å²) < 4.78 is 2.20. The van der Waals surface area contributed by atoms with Crippen LogP contribution in [0.2, 0.25) is 0 Å². The molecule has 2 rings (SSSR count). The van der Waals surface area contributed by atoms with Crippen LogP contribution in [0, 0.1) is 5.92 Å². The SMILES string of the molecule is C=CC(=O)NCc1nc2ccccc2n1CC(C)CC. The zero-order chi connectivity index (χ0) is 14.5. The van der Waals surface area contributed by atoms with Crippen molar-refractivity contribution in [2.75, 3.05) is 0 Å². The zero-order valence-corrected chi connectivity index (χ0v) is 12.1. The van der Waals surface area contributed by atoms with E-state index in [1.54, 1.807) is 0 Å². The Kier molecular flexibility index (Phi) is 4.56. The first kappa shape index (κ1) is 14.3. The molecule has 0 saturated carbocycles. The number of carbonyl (C=O) groups excluding carboxylic acids is 1. The van der Waals surface area contributed by atoms with E-state index in [0.717, 1.165) is 29.8 Å². The second-order valence-electron chi connectivity index (χ2n) is 5.06. The van der Waals surface area contributed by atoms with Crippen molar-refractivity contribution in [3.8, 4) is 0 Å². The predicted molar refractivity (Wildman–Crippen MR) is 81.2 cm³/mol. The Bertz CT molecular complexity index is 615. The van der Waals surface area contributed by atoms with E-state index >= 15 is 0 Å². The number of fused-ring (bicyclic) bond motifs is 1. The van der Waals surface area contributed by atoms with Gasteiger partial charge in [0.05, 0.1) is 17.6 Å². The van der Waals surface area contributed by atoms with E-state index in [0.29, 0.717) is 12.5 Å². The molecule has 4 nitrogen and oxygen atoms in total. The van der Waals surface area contributed by atoms with Crippen molar-refractivity contribution in [2.45, 2.75) is 33.4 Å². The van der Waals surface area contributed by atoms with Crippen LogP contribution in [0.15, 0.2) is 36.9 Å². The van der Waals surface area contributed by atoms with Crippen molar-refractivity contribution in [2.24, 2.45) is 5.92 Å². The molecule has 0 spiro atoms. The summed E-state index contributed by atoms with van der Waals surface area (Å²) in [6, 6.07) is 8.07. The first-order valence-corrected chi connectivity index (χ1v) is 7.00. The number of carbonyl (C=O) groups is 1. The number of rotatable bonds is 6. The van der Waals surface area contributed by atoms with E-state index in [2.05, 4.69) is 41.4 Å². The molecule has 1 aromatic carbocycles. The summed E-state index contributed by atoms with van der Waals surface area (Å²) in [5, 5.41) is 2.80. The maximum atomic E-state index is 11.3. The largest absolute Gasteiger partial charge is 0.345 e. The van der Waals surface area contributed by atoms with Crippen LogP contribution in [0.4, 0.5) is 0 Å². The molecule has 0 saturated heterocycles. The van der Waals surface area contributed by atoms with Crippen molar-refractivity contribution >= 4 is 16.9 Å². The van der Waals surface area contributed by atoms with Crippen molar-refractivity contribution in [3.05, 3.63) is 42.7 Å². The molecule has 0 aliphatic carbocycles. The molecule has 0 aliphatic rings. The maximum Gasteiger partial charge on any atom is 0.243 e. The topological polar surface area (TPSA) is 46.9 Å². The second-order valence-corrected chi connectivity index (χ2v) is 5.06. The number of amides is 1. The van der Waals surface area contributed by atoms with Gasteiger partial charge in [-0.1, -0.05) is 39.0 Å². The van der Waals surface area contributed by atoms with E-state index < -0.39 is 0 Å². The van der Waals surface area contributed by atoms with E-state index in [1.807, 2.05) is 18.2 Å². The highest BCUT2D eigenvalue weighted by Crippen LogP contribution is 2.18. The Hall–Kier alpha value is -2.10. The van der Waals surface area contributed by atoms with E-state index in [4.69, 9.17) is 0 Å². The molecule has 2 aromatic rings. The third kappa shape index (κ3) is 3.07. The lowest BCUT2D eigenvalue weighted by Gasteiger charge is -2.14. The standard InChI is InChI=1S/C16H21N3O/c1-4-12(3)11-19-14-9-7-6-8-13(14)18-15(19)10-17-16(20)5-2/h5-9,12H,2,4,10-11H2,1,3H3,(H,17,20). The fraction of sp³-hybridized carbons (Fsp3) is 0.375. The molecule has 0 aliphatic heterocycles. The molecule has 0 fully saturated rings. The quantitative estimate of drug-likeness (QED) is 0.821. The second kappa shape index (κ2) is 6.37. The zero-order valence-electron chi connectivity index (χ0n) is 12.1. The minimum Gasteiger partial charge on any atom is -0.345 e. The monoisotopic (exact) mass is 271 g/mol. The van der Waals surface area contributed by atoms with Gasteiger partial charge in [0.25, 0.3) is 0 Å². The van der Waals surface area contributed by atoms with Crippen LogP contribution in [0.25, 0.3) is 11.0 Å². The predicted octanol–water partition coefficient (Wildman–Crippen LogP) is 2.88. The summed E-state index contributed by atoms with van der Waals surface area (Å²) in [7, 11) is 0. The molecule has 0 bridgehead atoms. The van der Waals surface area contributed by atoms with Crippen molar-refractivity contribution in [1.29, 1.82) is 0 Å².